The van der Waals surface area contributed by atoms with Gasteiger partial charge in [0.2, 0.25) is 5.91 Å². The molecule has 174 valence electrons. The molecule has 0 radical (unpaired) electrons. The van der Waals surface area contributed by atoms with Gasteiger partial charge in [0.15, 0.2) is 0 Å². The van der Waals surface area contributed by atoms with Crippen LogP contribution in [-0.2, 0) is 22.8 Å². The minimum atomic E-state index is -4.99. The van der Waals surface area contributed by atoms with Crippen LogP contribution in [0.2, 0.25) is 5.02 Å². The second-order valence-corrected chi connectivity index (χ2v) is 7.03. The number of nitrogens with one attached hydrogen (secondary N) is 2. The molecule has 0 saturated carbocycles. The van der Waals surface area contributed by atoms with E-state index in [0.29, 0.717) is 0 Å². The Morgan fingerprint density at radius 2 is 1.84 bits per heavy atom. The molecule has 32 heavy (non-hydrogen) atoms. The van der Waals surface area contributed by atoms with Crippen LogP contribution >= 0.6 is 11.6 Å². The minimum Gasteiger partial charge on any atom is -0.481 e. The Balaban J connectivity index is 2.45. The van der Waals surface area contributed by atoms with Gasteiger partial charge < -0.3 is 15.7 Å². The molecule has 0 fully saturated rings. The molecule has 1 atom stereocenters. The van der Waals surface area contributed by atoms with Gasteiger partial charge in [0, 0.05) is 19.7 Å². The zero-order valence-electron chi connectivity index (χ0n) is 16.6. The number of benzene rings is 1. The Labute approximate surface area is 182 Å². The van der Waals surface area contributed by atoms with Crippen molar-refractivity contribution in [3.05, 3.63) is 55.6 Å². The SMILES string of the molecule is CC(Nc1cc(-n2c(=O)cc(C(F)(F)F)n(C)c2=O)c(F)cc1Cl)C(=O)NCCC(=O)O. The monoisotopic (exact) mass is 480 g/mol. The standard InChI is InChI=1S/C18H17ClF4N4O5/c1-8(16(31)24-4-3-15(29)30)25-11-6-12(10(20)5-9(11)19)27-14(28)7-13(18(21,22)23)26(2)17(27)32/h5-8,25H,3-4H2,1-2H3,(H,24,31)(H,29,30). The van der Waals surface area contributed by atoms with E-state index in [-0.39, 0.29) is 38.9 Å². The lowest BCUT2D eigenvalue weighted by molar-refractivity contribution is -0.144. The highest BCUT2D eigenvalue weighted by Crippen LogP contribution is 2.29. The van der Waals surface area contributed by atoms with Gasteiger partial charge in [-0.1, -0.05) is 11.6 Å². The molecule has 1 aromatic heterocycles. The fourth-order valence-corrected chi connectivity index (χ4v) is 2.89. The molecule has 0 saturated heterocycles. The smallest absolute Gasteiger partial charge is 0.431 e. The summed E-state index contributed by atoms with van der Waals surface area (Å²) in [4.78, 5) is 47.2. The highest BCUT2D eigenvalue weighted by Gasteiger charge is 2.35. The molecule has 1 unspecified atom stereocenters. The van der Waals surface area contributed by atoms with E-state index in [0.717, 1.165) is 19.2 Å². The number of aliphatic carboxylic acids is 1. The first kappa shape index (κ1) is 24.9. The van der Waals surface area contributed by atoms with Crippen LogP contribution in [0.5, 0.6) is 0 Å². The first-order chi connectivity index (χ1) is 14.7. The third-order valence-corrected chi connectivity index (χ3v) is 4.60. The second-order valence-electron chi connectivity index (χ2n) is 6.63. The van der Waals surface area contributed by atoms with Gasteiger partial charge in [-0.2, -0.15) is 13.2 Å². The van der Waals surface area contributed by atoms with E-state index in [1.807, 2.05) is 0 Å². The number of carbonyl (C=O) groups excluding carboxylic acids is 1. The Morgan fingerprint density at radius 1 is 1.22 bits per heavy atom. The quantitative estimate of drug-likeness (QED) is 0.519. The maximum Gasteiger partial charge on any atom is 0.431 e. The average molecular weight is 481 g/mol. The lowest BCUT2D eigenvalue weighted by Crippen LogP contribution is -2.41. The van der Waals surface area contributed by atoms with Crippen molar-refractivity contribution in [2.45, 2.75) is 25.6 Å². The lowest BCUT2D eigenvalue weighted by Gasteiger charge is -2.18. The van der Waals surface area contributed by atoms with Gasteiger partial charge >= 0.3 is 17.8 Å². The van der Waals surface area contributed by atoms with Crippen LogP contribution in [0, 0.1) is 5.82 Å². The number of halogens is 5. The van der Waals surface area contributed by atoms with Crippen molar-refractivity contribution >= 4 is 29.2 Å². The molecule has 1 aromatic carbocycles. The first-order valence-electron chi connectivity index (χ1n) is 8.89. The van der Waals surface area contributed by atoms with E-state index < -0.39 is 52.5 Å². The Kier molecular flexibility index (Phi) is 7.34. The summed E-state index contributed by atoms with van der Waals surface area (Å²) in [6.45, 7) is 1.22. The summed E-state index contributed by atoms with van der Waals surface area (Å²) in [6.07, 6.45) is -5.30. The van der Waals surface area contributed by atoms with Crippen molar-refractivity contribution in [1.82, 2.24) is 14.5 Å². The van der Waals surface area contributed by atoms with Crippen molar-refractivity contribution in [2.24, 2.45) is 7.05 Å². The molecule has 1 amide bonds. The van der Waals surface area contributed by atoms with Crippen LogP contribution in [0.3, 0.4) is 0 Å². The van der Waals surface area contributed by atoms with Crippen LogP contribution in [0.25, 0.3) is 5.69 Å². The Hall–Kier alpha value is -3.35. The van der Waals surface area contributed by atoms with Crippen molar-refractivity contribution in [1.29, 1.82) is 0 Å². The topological polar surface area (TPSA) is 122 Å². The van der Waals surface area contributed by atoms with Gasteiger partial charge in [-0.05, 0) is 19.1 Å². The minimum absolute atomic E-state index is 0.0993. The van der Waals surface area contributed by atoms with E-state index in [9.17, 15) is 36.7 Å². The molecule has 3 N–H and O–H groups in total. The van der Waals surface area contributed by atoms with E-state index in [2.05, 4.69) is 10.6 Å². The number of anilines is 1. The van der Waals surface area contributed by atoms with Gasteiger partial charge in [0.25, 0.3) is 5.56 Å². The normalized spacial score (nSPS) is 12.3. The van der Waals surface area contributed by atoms with Crippen LogP contribution in [-0.4, -0.2) is 38.7 Å². The number of rotatable bonds is 7. The van der Waals surface area contributed by atoms with Crippen LogP contribution in [0.4, 0.5) is 23.2 Å². The highest BCUT2D eigenvalue weighted by molar-refractivity contribution is 6.33. The maximum atomic E-state index is 14.5. The summed E-state index contributed by atoms with van der Waals surface area (Å²) in [7, 11) is 0.775. The fraction of sp³-hybridized carbons (Fsp3) is 0.333. The van der Waals surface area contributed by atoms with E-state index in [1.54, 1.807) is 0 Å². The maximum absolute atomic E-state index is 14.5. The van der Waals surface area contributed by atoms with Crippen molar-refractivity contribution < 1.29 is 32.3 Å². The van der Waals surface area contributed by atoms with Gasteiger partial charge in [-0.25, -0.2) is 13.8 Å². The summed E-state index contributed by atoms with van der Waals surface area (Å²) in [5.41, 5.74) is -5.17. The number of carbonyl (C=O) groups is 2. The van der Waals surface area contributed by atoms with Gasteiger partial charge in [0.05, 0.1) is 22.8 Å². The molecule has 0 aliphatic heterocycles. The summed E-state index contributed by atoms with van der Waals surface area (Å²) >= 11 is 5.95. The van der Waals surface area contributed by atoms with Crippen LogP contribution in [0.1, 0.15) is 19.0 Å². The zero-order chi connectivity index (χ0) is 24.4. The predicted octanol–water partition coefficient (Wildman–Crippen LogP) is 1.74. The molecule has 2 aromatic rings. The second kappa shape index (κ2) is 9.42. The molecular weight excluding hydrogens is 464 g/mol. The zero-order valence-corrected chi connectivity index (χ0v) is 17.3. The Bertz CT molecular complexity index is 1180. The molecule has 0 bridgehead atoms. The predicted molar refractivity (Wildman–Crippen MR) is 106 cm³/mol. The average Bonchev–Trinajstić information content (AvgIpc) is 2.66. The molecule has 0 spiro atoms. The number of carboxylic acid groups (broad SMARTS) is 1. The van der Waals surface area contributed by atoms with Gasteiger partial charge in [0.1, 0.15) is 17.6 Å². The number of aromatic nitrogens is 2. The van der Waals surface area contributed by atoms with E-state index in [4.69, 9.17) is 16.7 Å². The highest BCUT2D eigenvalue weighted by atomic mass is 35.5. The van der Waals surface area contributed by atoms with Gasteiger partial charge in [-0.3, -0.25) is 19.0 Å². The van der Waals surface area contributed by atoms with E-state index >= 15 is 0 Å². The number of carboxylic acids is 1. The molecule has 0 aliphatic carbocycles. The third kappa shape index (κ3) is 5.46. The van der Waals surface area contributed by atoms with Crippen molar-refractivity contribution in [2.75, 3.05) is 11.9 Å². The summed E-state index contributed by atoms with van der Waals surface area (Å²) in [5.74, 6) is -2.92. The van der Waals surface area contributed by atoms with Crippen LogP contribution in [0.15, 0.2) is 27.8 Å². The number of hydrogen-bond acceptors (Lipinski definition) is 5. The number of hydrogen-bond donors (Lipinski definition) is 3. The summed E-state index contributed by atoms with van der Waals surface area (Å²) < 4.78 is 53.9. The molecule has 9 nitrogen and oxygen atoms in total. The molecule has 1 heterocycles. The molecule has 0 aliphatic rings. The number of nitrogens with zero attached hydrogens (tertiary/aromatic N) is 2. The van der Waals surface area contributed by atoms with Gasteiger partial charge in [-0.15, -0.1) is 0 Å². The number of alkyl halides is 3. The summed E-state index contributed by atoms with van der Waals surface area (Å²) in [6, 6.07) is 0.764. The fourth-order valence-electron chi connectivity index (χ4n) is 2.68. The van der Waals surface area contributed by atoms with Crippen LogP contribution < -0.4 is 21.9 Å². The molecule has 2 rings (SSSR count). The van der Waals surface area contributed by atoms with Crippen molar-refractivity contribution in [3.63, 3.8) is 0 Å². The van der Waals surface area contributed by atoms with E-state index in [1.165, 1.54) is 6.92 Å². The Morgan fingerprint density at radius 3 is 2.41 bits per heavy atom. The number of amides is 1. The largest absolute Gasteiger partial charge is 0.481 e. The lowest BCUT2D eigenvalue weighted by atomic mass is 10.2. The molecular formula is C18H17ClF4N4O5. The van der Waals surface area contributed by atoms with Crippen molar-refractivity contribution in [3.8, 4) is 5.69 Å². The molecule has 14 heteroatoms. The first-order valence-corrected chi connectivity index (χ1v) is 9.27. The summed E-state index contributed by atoms with van der Waals surface area (Å²) in [5, 5.41) is 13.3. The third-order valence-electron chi connectivity index (χ3n) is 4.29.